The summed E-state index contributed by atoms with van der Waals surface area (Å²) in [6, 6.07) is 0. The van der Waals surface area contributed by atoms with E-state index in [-0.39, 0.29) is 17.9 Å². The van der Waals surface area contributed by atoms with E-state index in [4.69, 9.17) is 5.11 Å². The van der Waals surface area contributed by atoms with Crippen LogP contribution in [-0.4, -0.2) is 24.2 Å². The van der Waals surface area contributed by atoms with E-state index in [2.05, 4.69) is 19.2 Å². The van der Waals surface area contributed by atoms with Gasteiger partial charge in [-0.25, -0.2) is 0 Å². The van der Waals surface area contributed by atoms with Crippen molar-refractivity contribution in [2.24, 2.45) is 11.3 Å². The van der Waals surface area contributed by atoms with E-state index in [1.807, 2.05) is 0 Å². The zero-order valence-corrected chi connectivity index (χ0v) is 12.7. The smallest absolute Gasteiger partial charge is 0.225 e. The lowest BCUT2D eigenvalue weighted by atomic mass is 9.81. The molecule has 0 bridgehead atoms. The van der Waals surface area contributed by atoms with Crippen molar-refractivity contribution in [1.82, 2.24) is 5.32 Å². The van der Waals surface area contributed by atoms with Gasteiger partial charge in [-0.2, -0.15) is 0 Å². The summed E-state index contributed by atoms with van der Waals surface area (Å²) in [5.41, 5.74) is -0.160. The Hall–Kier alpha value is -0.570. The van der Waals surface area contributed by atoms with Crippen LogP contribution in [-0.2, 0) is 4.79 Å². The van der Waals surface area contributed by atoms with Crippen molar-refractivity contribution in [3.63, 3.8) is 0 Å². The van der Waals surface area contributed by atoms with Crippen LogP contribution in [0.2, 0.25) is 0 Å². The first-order valence-corrected chi connectivity index (χ1v) is 8.01. The first kappa shape index (κ1) is 16.5. The number of aliphatic hydroxyl groups excluding tert-OH is 1. The fourth-order valence-corrected chi connectivity index (χ4v) is 3.13. The minimum absolute atomic E-state index is 0.160. The van der Waals surface area contributed by atoms with Crippen LogP contribution in [0, 0.1) is 11.3 Å². The second kappa shape index (κ2) is 8.57. The molecule has 3 heteroatoms. The largest absolute Gasteiger partial charge is 0.396 e. The molecule has 1 rings (SSSR count). The van der Waals surface area contributed by atoms with E-state index in [0.717, 1.165) is 38.6 Å². The molecule has 0 saturated heterocycles. The molecule has 0 radical (unpaired) electrons. The van der Waals surface area contributed by atoms with Crippen molar-refractivity contribution in [3.05, 3.63) is 0 Å². The molecule has 1 unspecified atom stereocenters. The molecule has 0 aromatic heterocycles. The maximum atomic E-state index is 12.4. The van der Waals surface area contributed by atoms with Crippen molar-refractivity contribution in [1.29, 1.82) is 0 Å². The summed E-state index contributed by atoms with van der Waals surface area (Å²) < 4.78 is 0. The highest BCUT2D eigenvalue weighted by molar-refractivity contribution is 5.82. The van der Waals surface area contributed by atoms with E-state index < -0.39 is 0 Å². The zero-order chi connectivity index (χ0) is 14.1. The predicted molar refractivity (Wildman–Crippen MR) is 78.9 cm³/mol. The van der Waals surface area contributed by atoms with Gasteiger partial charge in [0.15, 0.2) is 0 Å². The number of hydrogen-bond donors (Lipinski definition) is 2. The molecular weight excluding hydrogens is 238 g/mol. The number of rotatable bonds is 7. The van der Waals surface area contributed by atoms with Gasteiger partial charge < -0.3 is 10.4 Å². The van der Waals surface area contributed by atoms with E-state index in [1.54, 1.807) is 0 Å². The van der Waals surface area contributed by atoms with Gasteiger partial charge in [0.05, 0.1) is 0 Å². The Morgan fingerprint density at radius 2 is 1.84 bits per heavy atom. The second-order valence-electron chi connectivity index (χ2n) is 6.35. The number of amides is 1. The fraction of sp³-hybridized carbons (Fsp3) is 0.938. The normalized spacial score (nSPS) is 20.6. The van der Waals surface area contributed by atoms with Gasteiger partial charge in [-0.3, -0.25) is 4.79 Å². The lowest BCUT2D eigenvalue weighted by Crippen LogP contribution is -2.41. The molecule has 1 aliphatic carbocycles. The van der Waals surface area contributed by atoms with E-state index in [0.29, 0.717) is 5.92 Å². The molecule has 0 spiro atoms. The van der Waals surface area contributed by atoms with Crippen LogP contribution in [0.25, 0.3) is 0 Å². The Balaban J connectivity index is 2.43. The van der Waals surface area contributed by atoms with Gasteiger partial charge in [0.1, 0.15) is 0 Å². The monoisotopic (exact) mass is 269 g/mol. The maximum absolute atomic E-state index is 12.4. The van der Waals surface area contributed by atoms with Gasteiger partial charge in [-0.05, 0) is 31.6 Å². The molecule has 2 N–H and O–H groups in total. The average Bonchev–Trinajstić information content (AvgIpc) is 2.62. The Labute approximate surface area is 118 Å². The summed E-state index contributed by atoms with van der Waals surface area (Å²) in [6.07, 6.45) is 9.93. The summed E-state index contributed by atoms with van der Waals surface area (Å²) in [5.74, 6) is 0.654. The first-order chi connectivity index (χ1) is 9.12. The summed E-state index contributed by atoms with van der Waals surface area (Å²) >= 11 is 0. The van der Waals surface area contributed by atoms with Gasteiger partial charge in [0.25, 0.3) is 0 Å². The Bertz CT molecular complexity index is 251. The lowest BCUT2D eigenvalue weighted by molar-refractivity contribution is -0.131. The van der Waals surface area contributed by atoms with Crippen molar-refractivity contribution in [2.75, 3.05) is 13.2 Å². The first-order valence-electron chi connectivity index (χ1n) is 8.01. The number of aliphatic hydroxyl groups is 1. The molecule has 3 nitrogen and oxygen atoms in total. The highest BCUT2D eigenvalue weighted by atomic mass is 16.3. The predicted octanol–water partition coefficient (Wildman–Crippen LogP) is 3.26. The van der Waals surface area contributed by atoms with E-state index >= 15 is 0 Å². The van der Waals surface area contributed by atoms with Crippen LogP contribution in [0.15, 0.2) is 0 Å². The maximum Gasteiger partial charge on any atom is 0.225 e. The Morgan fingerprint density at radius 1 is 1.21 bits per heavy atom. The van der Waals surface area contributed by atoms with Gasteiger partial charge in [-0.15, -0.1) is 0 Å². The molecule has 1 fully saturated rings. The van der Waals surface area contributed by atoms with Crippen LogP contribution in [0.5, 0.6) is 0 Å². The van der Waals surface area contributed by atoms with Crippen LogP contribution in [0.3, 0.4) is 0 Å². The second-order valence-corrected chi connectivity index (χ2v) is 6.35. The minimum Gasteiger partial charge on any atom is -0.396 e. The molecule has 112 valence electrons. The van der Waals surface area contributed by atoms with Crippen molar-refractivity contribution < 1.29 is 9.90 Å². The fourth-order valence-electron chi connectivity index (χ4n) is 3.13. The number of carbonyl (C=O) groups excluding carboxylic acids is 1. The Kier molecular flexibility index (Phi) is 7.44. The average molecular weight is 269 g/mol. The molecular formula is C16H31NO2. The van der Waals surface area contributed by atoms with Gasteiger partial charge in [-0.1, -0.05) is 46.0 Å². The summed E-state index contributed by atoms with van der Waals surface area (Å²) in [4.78, 5) is 12.4. The highest BCUT2D eigenvalue weighted by Gasteiger charge is 2.33. The van der Waals surface area contributed by atoms with Gasteiger partial charge in [0.2, 0.25) is 5.91 Å². The quantitative estimate of drug-likeness (QED) is 0.697. The molecule has 1 amide bonds. The zero-order valence-electron chi connectivity index (χ0n) is 12.7. The molecule has 1 atom stereocenters. The molecule has 0 heterocycles. The van der Waals surface area contributed by atoms with E-state index in [9.17, 15) is 4.79 Å². The van der Waals surface area contributed by atoms with Crippen molar-refractivity contribution in [2.45, 2.75) is 71.6 Å². The molecule has 0 aromatic rings. The Morgan fingerprint density at radius 3 is 2.37 bits per heavy atom. The number of nitrogens with one attached hydrogen (secondary N) is 1. The van der Waals surface area contributed by atoms with Crippen LogP contribution in [0.4, 0.5) is 0 Å². The minimum atomic E-state index is -0.160. The summed E-state index contributed by atoms with van der Waals surface area (Å²) in [6.45, 7) is 5.22. The van der Waals surface area contributed by atoms with Gasteiger partial charge >= 0.3 is 0 Å². The van der Waals surface area contributed by atoms with Crippen molar-refractivity contribution >= 4 is 5.91 Å². The third-order valence-electron chi connectivity index (χ3n) is 4.54. The van der Waals surface area contributed by atoms with Crippen LogP contribution >= 0.6 is 0 Å². The summed E-state index contributed by atoms with van der Waals surface area (Å²) in [7, 11) is 0. The third kappa shape index (κ3) is 5.52. The molecule has 19 heavy (non-hydrogen) atoms. The number of hydrogen-bond acceptors (Lipinski definition) is 2. The number of carbonyl (C=O) groups is 1. The molecule has 1 aliphatic rings. The van der Waals surface area contributed by atoms with Crippen LogP contribution in [0.1, 0.15) is 71.6 Å². The topological polar surface area (TPSA) is 49.3 Å². The van der Waals surface area contributed by atoms with Crippen LogP contribution < -0.4 is 5.32 Å². The SMILES string of the molecule is CCCC(CCO)CNC(=O)C1(C)CCCCCC1. The lowest BCUT2D eigenvalue weighted by Gasteiger charge is -2.28. The molecule has 0 aliphatic heterocycles. The highest BCUT2D eigenvalue weighted by Crippen LogP contribution is 2.34. The van der Waals surface area contributed by atoms with Crippen molar-refractivity contribution in [3.8, 4) is 0 Å². The van der Waals surface area contributed by atoms with Gasteiger partial charge in [0, 0.05) is 18.6 Å². The van der Waals surface area contributed by atoms with E-state index in [1.165, 1.54) is 25.7 Å². The summed E-state index contributed by atoms with van der Waals surface area (Å²) in [5, 5.41) is 12.2. The standard InChI is InChI=1S/C16H31NO2/c1-3-8-14(9-12-18)13-17-15(19)16(2)10-6-4-5-7-11-16/h14,18H,3-13H2,1-2H3,(H,17,19). The molecule has 0 aromatic carbocycles. The molecule has 1 saturated carbocycles. The third-order valence-corrected chi connectivity index (χ3v) is 4.54.